The Balaban J connectivity index is 1.31. The second-order valence-electron chi connectivity index (χ2n) is 7.94. The molecule has 2 fully saturated rings. The molecule has 156 valence electrons. The van der Waals surface area contributed by atoms with Crippen LogP contribution in [-0.2, 0) is 9.47 Å². The molecular weight excluding hydrogens is 388 g/mol. The summed E-state index contributed by atoms with van der Waals surface area (Å²) in [6.07, 6.45) is -0.164. The van der Waals surface area contributed by atoms with Crippen LogP contribution in [0.1, 0.15) is 5.69 Å². The minimum Gasteiger partial charge on any atom is -0.378 e. The number of hydrogen-bond donors (Lipinski definition) is 1. The summed E-state index contributed by atoms with van der Waals surface area (Å²) in [5.41, 5.74) is 3.32. The van der Waals surface area contributed by atoms with Crippen LogP contribution in [0.5, 0.6) is 0 Å². The number of ether oxygens (including phenoxy) is 2. The minimum atomic E-state index is -0.278. The molecule has 2 aliphatic rings. The van der Waals surface area contributed by atoms with E-state index in [0.29, 0.717) is 32.0 Å². The molecule has 0 saturated carbocycles. The fourth-order valence-corrected chi connectivity index (χ4v) is 4.26. The Morgan fingerprint density at radius 2 is 1.70 bits per heavy atom. The van der Waals surface area contributed by atoms with E-state index in [0.717, 1.165) is 22.3 Å². The molecule has 3 heterocycles. The van der Waals surface area contributed by atoms with Crippen molar-refractivity contribution in [2.45, 2.75) is 25.2 Å². The fourth-order valence-electron chi connectivity index (χ4n) is 4.26. The number of benzene rings is 2. The van der Waals surface area contributed by atoms with Gasteiger partial charge >= 0.3 is 0 Å². The smallest absolute Gasteiger partial charge is 0.125 e. The molecule has 2 aromatic carbocycles. The maximum Gasteiger partial charge on any atom is 0.125 e. The number of anilines is 2. The number of aryl methyl sites for hydroxylation is 1. The predicted octanol–water partition coefficient (Wildman–Crippen LogP) is 3.91. The number of hydrogen-bond acceptors (Lipinski definition) is 5. The summed E-state index contributed by atoms with van der Waals surface area (Å²) in [7, 11) is 0. The first-order valence-corrected chi connectivity index (χ1v) is 10.1. The van der Waals surface area contributed by atoms with E-state index in [1.807, 2.05) is 19.1 Å². The monoisotopic (exact) mass is 411 g/mol. The first-order chi connectivity index (χ1) is 14.5. The summed E-state index contributed by atoms with van der Waals surface area (Å²) < 4.78 is 39.6. The highest BCUT2D eigenvalue weighted by Crippen LogP contribution is 2.32. The second-order valence-corrected chi connectivity index (χ2v) is 7.94. The van der Waals surface area contributed by atoms with Crippen LogP contribution in [-0.4, -0.2) is 49.5 Å². The van der Waals surface area contributed by atoms with Crippen LogP contribution in [0.25, 0.3) is 10.9 Å². The van der Waals surface area contributed by atoms with Crippen LogP contribution in [0.4, 0.5) is 20.2 Å². The maximum atomic E-state index is 13.9. The lowest BCUT2D eigenvalue weighted by Crippen LogP contribution is -2.31. The third kappa shape index (κ3) is 3.82. The van der Waals surface area contributed by atoms with Crippen LogP contribution in [0.3, 0.4) is 0 Å². The van der Waals surface area contributed by atoms with Gasteiger partial charge in [-0.1, -0.05) is 6.07 Å². The van der Waals surface area contributed by atoms with E-state index in [2.05, 4.69) is 15.2 Å². The van der Waals surface area contributed by atoms with Gasteiger partial charge in [-0.25, -0.2) is 8.78 Å². The Kier molecular flexibility index (Phi) is 5.00. The Morgan fingerprint density at radius 1 is 0.967 bits per heavy atom. The summed E-state index contributed by atoms with van der Waals surface area (Å²) in [4.78, 5) is 6.71. The predicted molar refractivity (Wildman–Crippen MR) is 112 cm³/mol. The molecule has 0 radical (unpaired) electrons. The van der Waals surface area contributed by atoms with E-state index in [-0.39, 0.29) is 29.9 Å². The SMILES string of the molecule is Cc1cc(N2C[C@@H]3OCC(Nc4cccc(F)c4)CO[C@H]3C2)c2cc(F)ccc2n1. The van der Waals surface area contributed by atoms with Crippen LogP contribution in [0, 0.1) is 18.6 Å². The normalized spacial score (nSPS) is 22.2. The van der Waals surface area contributed by atoms with Crippen LogP contribution in [0.15, 0.2) is 48.5 Å². The molecule has 2 saturated heterocycles. The van der Waals surface area contributed by atoms with Crippen LogP contribution in [0.2, 0.25) is 0 Å². The number of pyridine rings is 1. The summed E-state index contributed by atoms with van der Waals surface area (Å²) in [6.45, 7) is 4.20. The molecule has 30 heavy (non-hydrogen) atoms. The highest BCUT2D eigenvalue weighted by Gasteiger charge is 2.38. The van der Waals surface area contributed by atoms with Gasteiger partial charge < -0.3 is 19.7 Å². The van der Waals surface area contributed by atoms with Gasteiger partial charge in [-0.3, -0.25) is 4.98 Å². The zero-order valence-electron chi connectivity index (χ0n) is 16.6. The van der Waals surface area contributed by atoms with E-state index < -0.39 is 0 Å². The average molecular weight is 411 g/mol. The summed E-state index contributed by atoms with van der Waals surface area (Å²) in [6, 6.07) is 13.0. The van der Waals surface area contributed by atoms with E-state index in [1.165, 1.54) is 24.3 Å². The van der Waals surface area contributed by atoms with Gasteiger partial charge in [0.25, 0.3) is 0 Å². The van der Waals surface area contributed by atoms with Gasteiger partial charge in [-0.2, -0.15) is 0 Å². The lowest BCUT2D eigenvalue weighted by atomic mass is 10.1. The Bertz CT molecular complexity index is 1060. The van der Waals surface area contributed by atoms with Crippen molar-refractivity contribution < 1.29 is 18.3 Å². The van der Waals surface area contributed by atoms with Crippen molar-refractivity contribution in [2.75, 3.05) is 36.5 Å². The van der Waals surface area contributed by atoms with Gasteiger partial charge in [0.05, 0.1) is 24.8 Å². The summed E-state index contributed by atoms with van der Waals surface area (Å²) >= 11 is 0. The first-order valence-electron chi connectivity index (χ1n) is 10.1. The average Bonchev–Trinajstić information content (AvgIpc) is 3.04. The zero-order chi connectivity index (χ0) is 20.7. The van der Waals surface area contributed by atoms with E-state index in [9.17, 15) is 8.78 Å². The minimum absolute atomic E-state index is 0.0519. The molecule has 5 rings (SSSR count). The van der Waals surface area contributed by atoms with Crippen molar-refractivity contribution in [3.8, 4) is 0 Å². The zero-order valence-corrected chi connectivity index (χ0v) is 16.6. The number of nitrogens with zero attached hydrogens (tertiary/aromatic N) is 2. The van der Waals surface area contributed by atoms with E-state index in [4.69, 9.17) is 9.47 Å². The van der Waals surface area contributed by atoms with Gasteiger partial charge in [0.15, 0.2) is 0 Å². The lowest BCUT2D eigenvalue weighted by Gasteiger charge is -2.23. The number of aromatic nitrogens is 1. The Morgan fingerprint density at radius 3 is 2.43 bits per heavy atom. The van der Waals surface area contributed by atoms with Gasteiger partial charge in [0.1, 0.15) is 23.8 Å². The molecular formula is C23H23F2N3O2. The number of rotatable bonds is 3. The topological polar surface area (TPSA) is 46.6 Å². The standard InChI is InChI=1S/C23H23F2N3O2/c1-14-7-21(19-9-16(25)5-6-20(19)26-14)28-10-22-23(11-28)30-13-18(12-29-22)27-17-4-2-3-15(24)8-17/h2-9,18,22-23,27H,10-13H2,1H3/t22-,23-/m0/s1. The second kappa shape index (κ2) is 7.81. The molecule has 3 aromatic rings. The van der Waals surface area contributed by atoms with Gasteiger partial charge in [-0.15, -0.1) is 0 Å². The molecule has 2 aliphatic heterocycles. The molecule has 2 atom stereocenters. The molecule has 0 unspecified atom stereocenters. The number of halogens is 2. The molecule has 1 aromatic heterocycles. The van der Waals surface area contributed by atoms with Crippen molar-refractivity contribution in [1.29, 1.82) is 0 Å². The Hall–Kier alpha value is -2.77. The number of fused-ring (bicyclic) bond motifs is 2. The molecule has 0 spiro atoms. The van der Waals surface area contributed by atoms with Crippen molar-refractivity contribution in [3.05, 3.63) is 65.9 Å². The molecule has 7 heteroatoms. The van der Waals surface area contributed by atoms with Crippen molar-refractivity contribution in [1.82, 2.24) is 4.98 Å². The highest BCUT2D eigenvalue weighted by molar-refractivity contribution is 5.92. The molecule has 1 N–H and O–H groups in total. The van der Waals surface area contributed by atoms with Gasteiger partial charge in [-0.05, 0) is 49.4 Å². The quantitative estimate of drug-likeness (QED) is 0.708. The van der Waals surface area contributed by atoms with Gasteiger partial charge in [0.2, 0.25) is 0 Å². The van der Waals surface area contributed by atoms with E-state index in [1.54, 1.807) is 12.1 Å². The third-order valence-corrected chi connectivity index (χ3v) is 5.65. The van der Waals surface area contributed by atoms with E-state index >= 15 is 0 Å². The molecule has 0 amide bonds. The van der Waals surface area contributed by atoms with Crippen molar-refractivity contribution in [2.24, 2.45) is 0 Å². The summed E-state index contributed by atoms with van der Waals surface area (Å²) in [5, 5.41) is 4.07. The van der Waals surface area contributed by atoms with Gasteiger partial charge in [0, 0.05) is 35.5 Å². The third-order valence-electron chi connectivity index (χ3n) is 5.65. The highest BCUT2D eigenvalue weighted by atomic mass is 19.1. The number of nitrogens with one attached hydrogen (secondary N) is 1. The Labute approximate surface area is 173 Å². The van der Waals surface area contributed by atoms with Crippen LogP contribution >= 0.6 is 0 Å². The van der Waals surface area contributed by atoms with Crippen molar-refractivity contribution >= 4 is 22.3 Å². The fraction of sp³-hybridized carbons (Fsp3) is 0.348. The molecule has 0 bridgehead atoms. The lowest BCUT2D eigenvalue weighted by molar-refractivity contribution is -0.00461. The summed E-state index contributed by atoms with van der Waals surface area (Å²) in [5.74, 6) is -0.555. The molecule has 0 aliphatic carbocycles. The largest absolute Gasteiger partial charge is 0.378 e. The van der Waals surface area contributed by atoms with Crippen LogP contribution < -0.4 is 10.2 Å². The first kappa shape index (κ1) is 19.2. The maximum absolute atomic E-state index is 13.9. The molecule has 5 nitrogen and oxygen atoms in total. The van der Waals surface area contributed by atoms with Crippen molar-refractivity contribution in [3.63, 3.8) is 0 Å².